The monoisotopic (exact) mass is 304 g/mol. The van der Waals surface area contributed by atoms with Gasteiger partial charge in [0.15, 0.2) is 0 Å². The fraction of sp³-hybridized carbons (Fsp3) is 0.389. The summed E-state index contributed by atoms with van der Waals surface area (Å²) in [5.41, 5.74) is 3.68. The summed E-state index contributed by atoms with van der Waals surface area (Å²) in [7, 11) is 0. The molecule has 0 aliphatic heterocycles. The van der Waals surface area contributed by atoms with Crippen molar-refractivity contribution in [2.45, 2.75) is 40.2 Å². The molecule has 3 heteroatoms. The number of allylic oxidation sites excluding steroid dienone is 3. The van der Waals surface area contributed by atoms with Gasteiger partial charge < -0.3 is 4.74 Å². The summed E-state index contributed by atoms with van der Waals surface area (Å²) in [4.78, 5) is 11.6. The molecular formula is C18H24O2S. The Balaban J connectivity index is 2.19. The van der Waals surface area contributed by atoms with Crippen LogP contribution >= 0.6 is 11.8 Å². The predicted molar refractivity (Wildman–Crippen MR) is 91.5 cm³/mol. The first kappa shape index (κ1) is 17.6. The number of carbonyl (C=O) groups excluding carboxylic acids is 1. The fourth-order valence-electron chi connectivity index (χ4n) is 1.70. The third-order valence-electron chi connectivity index (χ3n) is 2.92. The molecule has 0 aromatic heterocycles. The van der Waals surface area contributed by atoms with Crippen molar-refractivity contribution in [1.29, 1.82) is 0 Å². The van der Waals surface area contributed by atoms with Crippen LogP contribution in [0.2, 0.25) is 0 Å². The second kappa shape index (κ2) is 10.3. The van der Waals surface area contributed by atoms with Crippen molar-refractivity contribution in [3.63, 3.8) is 0 Å². The van der Waals surface area contributed by atoms with E-state index < -0.39 is 0 Å². The minimum Gasteiger partial charge on any atom is -0.453 e. The lowest BCUT2D eigenvalue weighted by Crippen LogP contribution is -1.98. The van der Waals surface area contributed by atoms with E-state index in [9.17, 15) is 4.79 Å². The SMILES string of the molecule is CC(C)=CCC/C(C)=C/CSC(=O)OCc1ccccc1. The normalized spacial score (nSPS) is 11.1. The molecule has 0 atom stereocenters. The van der Waals surface area contributed by atoms with E-state index in [4.69, 9.17) is 4.74 Å². The maximum Gasteiger partial charge on any atom is 0.367 e. The Labute approximate surface area is 132 Å². The standard InChI is InChI=1S/C18H24O2S/c1-15(2)8-7-9-16(3)12-13-21-18(19)20-14-17-10-5-4-6-11-17/h4-6,8,10-12H,7,9,13-14H2,1-3H3/b16-12+. The molecule has 0 radical (unpaired) electrons. The number of hydrogen-bond donors (Lipinski definition) is 0. The van der Waals surface area contributed by atoms with Crippen molar-refractivity contribution in [3.8, 4) is 0 Å². The van der Waals surface area contributed by atoms with Crippen LogP contribution in [-0.2, 0) is 11.3 Å². The molecule has 21 heavy (non-hydrogen) atoms. The summed E-state index contributed by atoms with van der Waals surface area (Å²) in [6.45, 7) is 6.67. The molecule has 0 aliphatic carbocycles. The molecule has 0 heterocycles. The molecule has 1 aromatic carbocycles. The van der Waals surface area contributed by atoms with E-state index in [2.05, 4.69) is 32.9 Å². The van der Waals surface area contributed by atoms with Gasteiger partial charge in [0, 0.05) is 5.75 Å². The van der Waals surface area contributed by atoms with Crippen molar-refractivity contribution in [2.24, 2.45) is 0 Å². The third kappa shape index (κ3) is 9.14. The van der Waals surface area contributed by atoms with E-state index >= 15 is 0 Å². The van der Waals surface area contributed by atoms with E-state index in [-0.39, 0.29) is 5.30 Å². The molecule has 0 amide bonds. The molecule has 2 nitrogen and oxygen atoms in total. The maximum absolute atomic E-state index is 11.6. The van der Waals surface area contributed by atoms with Crippen LogP contribution in [0.1, 0.15) is 39.2 Å². The van der Waals surface area contributed by atoms with Gasteiger partial charge in [-0.3, -0.25) is 0 Å². The van der Waals surface area contributed by atoms with Gasteiger partial charge in [0.25, 0.3) is 0 Å². The van der Waals surface area contributed by atoms with Gasteiger partial charge in [0.1, 0.15) is 6.61 Å². The summed E-state index contributed by atoms with van der Waals surface area (Å²) >= 11 is 1.21. The molecule has 1 rings (SSSR count). The molecule has 1 aromatic rings. The first-order valence-corrected chi connectivity index (χ1v) is 8.19. The van der Waals surface area contributed by atoms with Crippen molar-refractivity contribution in [2.75, 3.05) is 5.75 Å². The second-order valence-corrected chi connectivity index (χ2v) is 6.16. The average Bonchev–Trinajstić information content (AvgIpc) is 2.46. The molecule has 0 N–H and O–H groups in total. The largest absolute Gasteiger partial charge is 0.453 e. The van der Waals surface area contributed by atoms with Crippen LogP contribution in [0.15, 0.2) is 53.6 Å². The van der Waals surface area contributed by atoms with Crippen LogP contribution in [0.5, 0.6) is 0 Å². The maximum atomic E-state index is 11.6. The molecular weight excluding hydrogens is 280 g/mol. The van der Waals surface area contributed by atoms with Crippen LogP contribution < -0.4 is 0 Å². The number of hydrogen-bond acceptors (Lipinski definition) is 3. The van der Waals surface area contributed by atoms with Crippen molar-refractivity contribution in [1.82, 2.24) is 0 Å². The summed E-state index contributed by atoms with van der Waals surface area (Å²) in [6.07, 6.45) is 6.45. The fourth-order valence-corrected chi connectivity index (χ4v) is 2.35. The third-order valence-corrected chi connectivity index (χ3v) is 3.61. The lowest BCUT2D eigenvalue weighted by atomic mass is 10.1. The zero-order valence-corrected chi connectivity index (χ0v) is 13.9. The highest BCUT2D eigenvalue weighted by Crippen LogP contribution is 2.12. The Hall–Kier alpha value is -1.48. The minimum absolute atomic E-state index is 0.216. The molecule has 0 fully saturated rings. The highest BCUT2D eigenvalue weighted by molar-refractivity contribution is 8.13. The number of carbonyl (C=O) groups is 1. The van der Waals surface area contributed by atoms with Gasteiger partial charge in [-0.2, -0.15) is 0 Å². The smallest absolute Gasteiger partial charge is 0.367 e. The first-order valence-electron chi connectivity index (χ1n) is 7.20. The minimum atomic E-state index is -0.216. The summed E-state index contributed by atoms with van der Waals surface area (Å²) < 4.78 is 5.21. The number of thioether (sulfide) groups is 1. The van der Waals surface area contributed by atoms with Gasteiger partial charge in [-0.25, -0.2) is 4.79 Å². The van der Waals surface area contributed by atoms with Gasteiger partial charge in [0.2, 0.25) is 0 Å². The molecule has 0 saturated heterocycles. The van der Waals surface area contributed by atoms with Crippen LogP contribution in [0, 0.1) is 0 Å². The number of rotatable bonds is 7. The highest BCUT2D eigenvalue weighted by Gasteiger charge is 2.02. The van der Waals surface area contributed by atoms with Gasteiger partial charge in [-0.05, 0) is 50.9 Å². The summed E-state index contributed by atoms with van der Waals surface area (Å²) in [5.74, 6) is 0.675. The van der Waals surface area contributed by atoms with Gasteiger partial charge in [-0.1, -0.05) is 53.6 Å². The Morgan fingerprint density at radius 2 is 1.86 bits per heavy atom. The lowest BCUT2D eigenvalue weighted by Gasteiger charge is -2.03. The Morgan fingerprint density at radius 1 is 1.14 bits per heavy atom. The highest BCUT2D eigenvalue weighted by atomic mass is 32.2. The molecule has 0 saturated carbocycles. The topological polar surface area (TPSA) is 26.3 Å². The average molecular weight is 304 g/mol. The van der Waals surface area contributed by atoms with Gasteiger partial charge >= 0.3 is 5.30 Å². The van der Waals surface area contributed by atoms with E-state index in [0.717, 1.165) is 18.4 Å². The van der Waals surface area contributed by atoms with Crippen molar-refractivity contribution >= 4 is 17.1 Å². The second-order valence-electron chi connectivity index (χ2n) is 5.21. The first-order chi connectivity index (χ1) is 10.1. The summed E-state index contributed by atoms with van der Waals surface area (Å²) in [6, 6.07) is 9.73. The van der Waals surface area contributed by atoms with Crippen LogP contribution in [-0.4, -0.2) is 11.1 Å². The molecule has 0 spiro atoms. The number of benzene rings is 1. The quantitative estimate of drug-likeness (QED) is 0.474. The lowest BCUT2D eigenvalue weighted by molar-refractivity contribution is 0.169. The van der Waals surface area contributed by atoms with Gasteiger partial charge in [0.05, 0.1) is 0 Å². The van der Waals surface area contributed by atoms with Crippen molar-refractivity contribution < 1.29 is 9.53 Å². The van der Waals surface area contributed by atoms with E-state index in [1.165, 1.54) is 22.9 Å². The Morgan fingerprint density at radius 3 is 2.52 bits per heavy atom. The Kier molecular flexibility index (Phi) is 8.60. The zero-order chi connectivity index (χ0) is 15.5. The zero-order valence-electron chi connectivity index (χ0n) is 13.1. The van der Waals surface area contributed by atoms with Crippen LogP contribution in [0.4, 0.5) is 4.79 Å². The van der Waals surface area contributed by atoms with E-state index in [0.29, 0.717) is 12.4 Å². The summed E-state index contributed by atoms with van der Waals surface area (Å²) in [5, 5.41) is -0.216. The molecule has 114 valence electrons. The van der Waals surface area contributed by atoms with Gasteiger partial charge in [-0.15, -0.1) is 0 Å². The van der Waals surface area contributed by atoms with E-state index in [1.807, 2.05) is 30.3 Å². The predicted octanol–water partition coefficient (Wildman–Crippen LogP) is 5.75. The molecule has 0 unspecified atom stereocenters. The van der Waals surface area contributed by atoms with E-state index in [1.54, 1.807) is 0 Å². The van der Waals surface area contributed by atoms with Crippen LogP contribution in [0.25, 0.3) is 0 Å². The molecule has 0 aliphatic rings. The number of ether oxygens (including phenoxy) is 1. The van der Waals surface area contributed by atoms with Crippen molar-refractivity contribution in [3.05, 3.63) is 59.2 Å². The Bertz CT molecular complexity index is 485. The molecule has 0 bridgehead atoms. The van der Waals surface area contributed by atoms with Crippen LogP contribution in [0.3, 0.4) is 0 Å².